The summed E-state index contributed by atoms with van der Waals surface area (Å²) < 4.78 is 12.9. The van der Waals surface area contributed by atoms with Gasteiger partial charge in [0.1, 0.15) is 5.15 Å². The second kappa shape index (κ2) is 3.24. The maximum Gasteiger partial charge on any atom is 0.217 e. The van der Waals surface area contributed by atoms with Crippen LogP contribution in [0.4, 0.5) is 4.39 Å². The molecule has 1 heterocycles. The average Bonchev–Trinajstić information content (AvgIpc) is 1.94. The van der Waals surface area contributed by atoms with Gasteiger partial charge in [-0.1, -0.05) is 11.6 Å². The van der Waals surface area contributed by atoms with Gasteiger partial charge < -0.3 is 5.11 Å². The Morgan fingerprint density at radius 2 is 2.08 bits per heavy atom. The molecule has 1 aromatic heterocycles. The Kier molecular flexibility index (Phi) is 2.59. The van der Waals surface area contributed by atoms with Crippen molar-refractivity contribution in [3.8, 4) is 0 Å². The molecular weight excluding hydrogens is 193 g/mol. The fourth-order valence-electron chi connectivity index (χ4n) is 0.999. The molecule has 0 aromatic carbocycles. The maximum absolute atomic E-state index is 12.9. The van der Waals surface area contributed by atoms with E-state index >= 15 is 0 Å². The van der Waals surface area contributed by atoms with Crippen molar-refractivity contribution in [1.29, 1.82) is 0 Å². The van der Waals surface area contributed by atoms with Gasteiger partial charge in [0.2, 0.25) is 5.95 Å². The molecule has 72 valence electrons. The van der Waals surface area contributed by atoms with Crippen molar-refractivity contribution in [2.45, 2.75) is 26.4 Å². The molecule has 0 fully saturated rings. The van der Waals surface area contributed by atoms with Gasteiger partial charge in [0.15, 0.2) is 0 Å². The van der Waals surface area contributed by atoms with Crippen LogP contribution in [-0.4, -0.2) is 10.1 Å². The number of aromatic nitrogens is 1. The number of halogens is 2. The van der Waals surface area contributed by atoms with Crippen molar-refractivity contribution in [2.24, 2.45) is 0 Å². The number of rotatable bonds is 1. The lowest BCUT2D eigenvalue weighted by Gasteiger charge is -2.19. The van der Waals surface area contributed by atoms with Crippen LogP contribution in [0, 0.1) is 12.9 Å². The molecule has 0 unspecified atom stereocenters. The molecule has 1 rings (SSSR count). The predicted octanol–water partition coefficient (Wildman–Crippen LogP) is 2.41. The second-order valence-electron chi connectivity index (χ2n) is 3.49. The molecule has 1 N–H and O–H groups in total. The number of aliphatic hydroxyl groups is 1. The van der Waals surface area contributed by atoms with Crippen LogP contribution in [-0.2, 0) is 5.60 Å². The van der Waals surface area contributed by atoms with E-state index in [9.17, 15) is 9.50 Å². The smallest absolute Gasteiger partial charge is 0.217 e. The number of aryl methyl sites for hydroxylation is 1. The van der Waals surface area contributed by atoms with Crippen LogP contribution in [0.15, 0.2) is 6.07 Å². The summed E-state index contributed by atoms with van der Waals surface area (Å²) >= 11 is 5.68. The van der Waals surface area contributed by atoms with E-state index in [0.717, 1.165) is 0 Å². The van der Waals surface area contributed by atoms with Crippen LogP contribution in [0.2, 0.25) is 5.15 Å². The van der Waals surface area contributed by atoms with Crippen molar-refractivity contribution in [2.75, 3.05) is 0 Å². The van der Waals surface area contributed by atoms with Crippen molar-refractivity contribution in [3.05, 3.63) is 28.3 Å². The first-order valence-corrected chi connectivity index (χ1v) is 4.25. The molecule has 0 spiro atoms. The van der Waals surface area contributed by atoms with Crippen molar-refractivity contribution >= 4 is 11.6 Å². The molecule has 0 saturated carbocycles. The van der Waals surface area contributed by atoms with Crippen molar-refractivity contribution in [3.63, 3.8) is 0 Å². The van der Waals surface area contributed by atoms with E-state index in [2.05, 4.69) is 4.98 Å². The number of hydrogen-bond donors (Lipinski definition) is 1. The summed E-state index contributed by atoms with van der Waals surface area (Å²) in [6.45, 7) is 4.73. The number of pyridine rings is 1. The predicted molar refractivity (Wildman–Crippen MR) is 49.2 cm³/mol. The van der Waals surface area contributed by atoms with Crippen LogP contribution < -0.4 is 0 Å². The Morgan fingerprint density at radius 1 is 1.54 bits per heavy atom. The van der Waals surface area contributed by atoms with Crippen LogP contribution in [0.5, 0.6) is 0 Å². The van der Waals surface area contributed by atoms with Crippen LogP contribution in [0.25, 0.3) is 0 Å². The van der Waals surface area contributed by atoms with Gasteiger partial charge in [0.25, 0.3) is 0 Å². The van der Waals surface area contributed by atoms with Crippen LogP contribution in [0.3, 0.4) is 0 Å². The van der Waals surface area contributed by atoms with Gasteiger partial charge >= 0.3 is 0 Å². The molecule has 0 atom stereocenters. The highest BCUT2D eigenvalue weighted by Crippen LogP contribution is 2.27. The monoisotopic (exact) mass is 203 g/mol. The van der Waals surface area contributed by atoms with Gasteiger partial charge in [-0.2, -0.15) is 4.39 Å². The lowest BCUT2D eigenvalue weighted by Crippen LogP contribution is -2.17. The van der Waals surface area contributed by atoms with Gasteiger partial charge in [-0.3, -0.25) is 0 Å². The molecule has 0 aliphatic heterocycles. The summed E-state index contributed by atoms with van der Waals surface area (Å²) in [5.74, 6) is -0.599. The highest BCUT2D eigenvalue weighted by Gasteiger charge is 2.21. The van der Waals surface area contributed by atoms with Gasteiger partial charge in [0.05, 0.1) is 5.60 Å². The molecule has 13 heavy (non-hydrogen) atoms. The van der Waals surface area contributed by atoms with E-state index in [1.807, 2.05) is 0 Å². The minimum absolute atomic E-state index is 0.00981. The molecule has 0 aliphatic rings. The summed E-state index contributed by atoms with van der Waals surface area (Å²) in [7, 11) is 0. The average molecular weight is 204 g/mol. The zero-order chi connectivity index (χ0) is 10.2. The molecule has 1 aromatic rings. The third kappa shape index (κ3) is 2.17. The zero-order valence-corrected chi connectivity index (χ0v) is 8.48. The third-order valence-corrected chi connectivity index (χ3v) is 2.05. The topological polar surface area (TPSA) is 33.1 Å². The number of hydrogen-bond acceptors (Lipinski definition) is 2. The molecule has 0 saturated heterocycles. The Balaban J connectivity index is 3.32. The number of nitrogens with zero attached hydrogens (tertiary/aromatic N) is 1. The van der Waals surface area contributed by atoms with Crippen LogP contribution in [0.1, 0.15) is 25.0 Å². The third-order valence-electron chi connectivity index (χ3n) is 1.76. The lowest BCUT2D eigenvalue weighted by molar-refractivity contribution is 0.0781. The SMILES string of the molecule is Cc1cc(C(C)(C)O)c(Cl)nc1F. The van der Waals surface area contributed by atoms with E-state index in [0.29, 0.717) is 11.1 Å². The highest BCUT2D eigenvalue weighted by atomic mass is 35.5. The maximum atomic E-state index is 12.9. The van der Waals surface area contributed by atoms with E-state index in [-0.39, 0.29) is 5.15 Å². The standard InChI is InChI=1S/C9H11ClFNO/c1-5-4-6(9(2,3)13)7(10)12-8(5)11/h4,13H,1-3H3. The van der Waals surface area contributed by atoms with Gasteiger partial charge in [-0.25, -0.2) is 4.98 Å². The second-order valence-corrected chi connectivity index (χ2v) is 3.85. The summed E-state index contributed by atoms with van der Waals surface area (Å²) in [5.41, 5.74) is -0.280. The largest absolute Gasteiger partial charge is 0.386 e. The Hall–Kier alpha value is -0.670. The normalized spacial score (nSPS) is 11.8. The summed E-state index contributed by atoms with van der Waals surface area (Å²) in [6, 6.07) is 1.50. The van der Waals surface area contributed by atoms with E-state index in [1.165, 1.54) is 6.07 Å². The first-order chi connectivity index (χ1) is 5.82. The Bertz CT molecular complexity index is 333. The minimum atomic E-state index is -1.09. The Labute approximate surface area is 81.4 Å². The zero-order valence-electron chi connectivity index (χ0n) is 7.73. The minimum Gasteiger partial charge on any atom is -0.386 e. The molecule has 4 heteroatoms. The fraction of sp³-hybridized carbons (Fsp3) is 0.444. The molecule has 0 aliphatic carbocycles. The van der Waals surface area contributed by atoms with Crippen LogP contribution >= 0.6 is 11.6 Å². The fourth-order valence-corrected chi connectivity index (χ4v) is 1.36. The summed E-state index contributed by atoms with van der Waals surface area (Å²) in [5, 5.41) is 9.65. The van der Waals surface area contributed by atoms with Crippen molar-refractivity contribution in [1.82, 2.24) is 4.98 Å². The summed E-state index contributed by atoms with van der Waals surface area (Å²) in [4.78, 5) is 3.48. The van der Waals surface area contributed by atoms with E-state index < -0.39 is 11.5 Å². The molecule has 0 bridgehead atoms. The highest BCUT2D eigenvalue weighted by molar-refractivity contribution is 6.30. The lowest BCUT2D eigenvalue weighted by atomic mass is 9.99. The molecule has 0 amide bonds. The quantitative estimate of drug-likeness (QED) is 0.712. The van der Waals surface area contributed by atoms with Gasteiger partial charge in [0, 0.05) is 11.1 Å². The molecule has 0 radical (unpaired) electrons. The molecular formula is C9H11ClFNO. The molecule has 2 nitrogen and oxygen atoms in total. The first kappa shape index (κ1) is 10.4. The van der Waals surface area contributed by atoms with Gasteiger partial charge in [-0.05, 0) is 26.8 Å². The van der Waals surface area contributed by atoms with Gasteiger partial charge in [-0.15, -0.1) is 0 Å². The summed E-state index contributed by atoms with van der Waals surface area (Å²) in [6.07, 6.45) is 0. The van der Waals surface area contributed by atoms with E-state index in [4.69, 9.17) is 11.6 Å². The van der Waals surface area contributed by atoms with Crippen molar-refractivity contribution < 1.29 is 9.50 Å². The Morgan fingerprint density at radius 3 is 2.54 bits per heavy atom. The first-order valence-electron chi connectivity index (χ1n) is 3.88. The van der Waals surface area contributed by atoms with E-state index in [1.54, 1.807) is 20.8 Å².